The van der Waals surface area contributed by atoms with E-state index < -0.39 is 12.6 Å². The molecule has 4 nitrogen and oxygen atoms in total. The van der Waals surface area contributed by atoms with Gasteiger partial charge in [-0.05, 0) is 30.3 Å². The van der Waals surface area contributed by atoms with E-state index in [1.807, 2.05) is 0 Å². The summed E-state index contributed by atoms with van der Waals surface area (Å²) in [5.41, 5.74) is 0.457. The quantitative estimate of drug-likeness (QED) is 0.937. The first-order chi connectivity index (χ1) is 8.97. The van der Waals surface area contributed by atoms with Crippen LogP contribution in [0.1, 0.15) is 10.5 Å². The van der Waals surface area contributed by atoms with E-state index >= 15 is 0 Å². The van der Waals surface area contributed by atoms with Crippen LogP contribution in [-0.4, -0.2) is 22.3 Å². The number of hydrogen-bond acceptors (Lipinski definition) is 2. The van der Waals surface area contributed by atoms with E-state index in [4.69, 9.17) is 16.7 Å². The molecule has 0 radical (unpaired) electrons. The topological polar surface area (TPSA) is 51.5 Å². The molecule has 19 heavy (non-hydrogen) atoms. The zero-order valence-corrected chi connectivity index (χ0v) is 10.1. The number of benzene rings is 1. The number of carboxylic acid groups (broad SMARTS) is 1. The Labute approximate surface area is 111 Å². The molecule has 100 valence electrons. The zero-order chi connectivity index (χ0) is 14.0. The van der Waals surface area contributed by atoms with Gasteiger partial charge < -0.3 is 14.4 Å². The molecule has 1 N–H and O–H groups in total. The van der Waals surface area contributed by atoms with Crippen molar-refractivity contribution >= 4 is 17.6 Å². The van der Waals surface area contributed by atoms with Gasteiger partial charge in [-0.1, -0.05) is 11.6 Å². The van der Waals surface area contributed by atoms with E-state index in [1.165, 1.54) is 41.1 Å². The Morgan fingerprint density at radius 2 is 1.95 bits per heavy atom. The Morgan fingerprint density at radius 3 is 2.47 bits per heavy atom. The Kier molecular flexibility index (Phi) is 3.71. The van der Waals surface area contributed by atoms with E-state index in [2.05, 4.69) is 4.74 Å². The van der Waals surface area contributed by atoms with Gasteiger partial charge in [-0.3, -0.25) is 0 Å². The average Bonchev–Trinajstić information content (AvgIpc) is 2.72. The standard InChI is InChI=1S/C12H8ClF2NO3/c13-7-5-10(11(17)18)16(6-7)8-1-3-9(4-2-8)19-12(14)15/h1-6,12H,(H,17,18). The van der Waals surface area contributed by atoms with Crippen molar-refractivity contribution in [3.05, 3.63) is 47.2 Å². The van der Waals surface area contributed by atoms with Crippen molar-refractivity contribution in [3.63, 3.8) is 0 Å². The average molecular weight is 288 g/mol. The van der Waals surface area contributed by atoms with Crippen LogP contribution in [0.25, 0.3) is 5.69 Å². The highest BCUT2D eigenvalue weighted by Gasteiger charge is 2.13. The number of nitrogens with zero attached hydrogens (tertiary/aromatic N) is 1. The second-order valence-corrected chi connectivity index (χ2v) is 4.03. The molecule has 0 amide bonds. The highest BCUT2D eigenvalue weighted by Crippen LogP contribution is 2.22. The minimum Gasteiger partial charge on any atom is -0.477 e. The predicted octanol–water partition coefficient (Wildman–Crippen LogP) is 3.43. The fraction of sp³-hybridized carbons (Fsp3) is 0.0833. The van der Waals surface area contributed by atoms with Crippen LogP contribution < -0.4 is 4.74 Å². The number of hydrogen-bond donors (Lipinski definition) is 1. The van der Waals surface area contributed by atoms with E-state index in [0.29, 0.717) is 5.69 Å². The SMILES string of the molecule is O=C(O)c1cc(Cl)cn1-c1ccc(OC(F)F)cc1. The summed E-state index contributed by atoms with van der Waals surface area (Å²) in [6.45, 7) is -2.90. The Balaban J connectivity index is 2.34. The van der Waals surface area contributed by atoms with Crippen molar-refractivity contribution in [2.75, 3.05) is 0 Å². The highest BCUT2D eigenvalue weighted by molar-refractivity contribution is 6.31. The normalized spacial score (nSPS) is 10.7. The number of aromatic carboxylic acids is 1. The number of carbonyl (C=O) groups is 1. The molecule has 1 aromatic carbocycles. The van der Waals surface area contributed by atoms with Gasteiger partial charge in [0.15, 0.2) is 0 Å². The first-order valence-corrected chi connectivity index (χ1v) is 5.51. The largest absolute Gasteiger partial charge is 0.477 e. The molecule has 0 saturated heterocycles. The maximum atomic E-state index is 12.0. The summed E-state index contributed by atoms with van der Waals surface area (Å²) >= 11 is 5.75. The molecule has 0 atom stereocenters. The van der Waals surface area contributed by atoms with Gasteiger partial charge in [-0.25, -0.2) is 4.79 Å². The fourth-order valence-corrected chi connectivity index (χ4v) is 1.80. The van der Waals surface area contributed by atoms with E-state index in [-0.39, 0.29) is 16.5 Å². The van der Waals surface area contributed by atoms with Gasteiger partial charge in [0.05, 0.1) is 5.02 Å². The van der Waals surface area contributed by atoms with Gasteiger partial charge in [0.1, 0.15) is 11.4 Å². The van der Waals surface area contributed by atoms with E-state index in [0.717, 1.165) is 0 Å². The van der Waals surface area contributed by atoms with Crippen LogP contribution in [0.3, 0.4) is 0 Å². The first kappa shape index (κ1) is 13.4. The van der Waals surface area contributed by atoms with Crippen molar-refractivity contribution in [2.24, 2.45) is 0 Å². The molecule has 0 aliphatic carbocycles. The second kappa shape index (κ2) is 5.27. The third kappa shape index (κ3) is 3.03. The Morgan fingerprint density at radius 1 is 1.32 bits per heavy atom. The first-order valence-electron chi connectivity index (χ1n) is 5.14. The number of halogens is 3. The molecule has 0 saturated carbocycles. The van der Waals surface area contributed by atoms with Gasteiger partial charge in [0.2, 0.25) is 0 Å². The summed E-state index contributed by atoms with van der Waals surface area (Å²) in [6.07, 6.45) is 1.42. The van der Waals surface area contributed by atoms with Gasteiger partial charge in [0, 0.05) is 11.9 Å². The molecule has 0 spiro atoms. The maximum Gasteiger partial charge on any atom is 0.387 e. The number of rotatable bonds is 4. The smallest absolute Gasteiger partial charge is 0.387 e. The molecule has 0 bridgehead atoms. The summed E-state index contributed by atoms with van der Waals surface area (Å²) < 4.78 is 29.5. The Bertz CT molecular complexity index is 596. The van der Waals surface area contributed by atoms with Crippen LogP contribution in [0.4, 0.5) is 8.78 Å². The van der Waals surface area contributed by atoms with Crippen LogP contribution >= 0.6 is 11.6 Å². The van der Waals surface area contributed by atoms with E-state index in [1.54, 1.807) is 0 Å². The van der Waals surface area contributed by atoms with Crippen LogP contribution in [0.2, 0.25) is 5.02 Å². The summed E-state index contributed by atoms with van der Waals surface area (Å²) in [7, 11) is 0. The van der Waals surface area contributed by atoms with Gasteiger partial charge in [-0.15, -0.1) is 0 Å². The molecule has 1 aromatic heterocycles. The van der Waals surface area contributed by atoms with Gasteiger partial charge >= 0.3 is 12.6 Å². The van der Waals surface area contributed by atoms with Crippen molar-refractivity contribution in [1.82, 2.24) is 4.57 Å². The summed E-state index contributed by atoms with van der Waals surface area (Å²) in [5, 5.41) is 9.28. The van der Waals surface area contributed by atoms with Crippen molar-refractivity contribution in [2.45, 2.75) is 6.61 Å². The van der Waals surface area contributed by atoms with Crippen LogP contribution in [0.15, 0.2) is 36.5 Å². The highest BCUT2D eigenvalue weighted by atomic mass is 35.5. The third-order valence-electron chi connectivity index (χ3n) is 2.35. The maximum absolute atomic E-state index is 12.0. The second-order valence-electron chi connectivity index (χ2n) is 3.59. The molecule has 0 aliphatic rings. The van der Waals surface area contributed by atoms with E-state index in [9.17, 15) is 13.6 Å². The lowest BCUT2D eigenvalue weighted by Gasteiger charge is -2.08. The summed E-state index contributed by atoms with van der Waals surface area (Å²) in [4.78, 5) is 11.0. The molecule has 0 unspecified atom stereocenters. The van der Waals surface area contributed by atoms with Crippen molar-refractivity contribution < 1.29 is 23.4 Å². The summed E-state index contributed by atoms with van der Waals surface area (Å²) in [5.74, 6) is -1.14. The lowest BCUT2D eigenvalue weighted by molar-refractivity contribution is -0.0498. The van der Waals surface area contributed by atoms with Crippen molar-refractivity contribution in [3.8, 4) is 11.4 Å². The molecular weight excluding hydrogens is 280 g/mol. The van der Waals surface area contributed by atoms with Crippen LogP contribution in [-0.2, 0) is 0 Å². The predicted molar refractivity (Wildman–Crippen MR) is 64.4 cm³/mol. The minimum absolute atomic E-state index is 0.00567. The molecular formula is C12H8ClF2NO3. The van der Waals surface area contributed by atoms with Crippen molar-refractivity contribution in [1.29, 1.82) is 0 Å². The monoisotopic (exact) mass is 287 g/mol. The third-order valence-corrected chi connectivity index (χ3v) is 2.55. The molecule has 0 aliphatic heterocycles. The molecule has 0 fully saturated rings. The van der Waals surface area contributed by atoms with Crippen LogP contribution in [0.5, 0.6) is 5.75 Å². The Hall–Kier alpha value is -2.08. The van der Waals surface area contributed by atoms with Gasteiger partial charge in [0.25, 0.3) is 0 Å². The number of aromatic nitrogens is 1. The number of alkyl halides is 2. The zero-order valence-electron chi connectivity index (χ0n) is 9.39. The fourth-order valence-electron chi connectivity index (χ4n) is 1.60. The number of carboxylic acids is 1. The summed E-state index contributed by atoms with van der Waals surface area (Å²) in [6, 6.07) is 6.86. The molecule has 7 heteroatoms. The minimum atomic E-state index is -2.90. The lowest BCUT2D eigenvalue weighted by atomic mass is 10.3. The van der Waals surface area contributed by atoms with Crippen LogP contribution in [0, 0.1) is 0 Å². The molecule has 1 heterocycles. The molecule has 2 rings (SSSR count). The van der Waals surface area contributed by atoms with Gasteiger partial charge in [-0.2, -0.15) is 8.78 Å². The lowest BCUT2D eigenvalue weighted by Crippen LogP contribution is -2.06. The molecule has 2 aromatic rings. The number of ether oxygens (including phenoxy) is 1.